The van der Waals surface area contributed by atoms with E-state index in [9.17, 15) is 0 Å². The second-order valence-electron chi connectivity index (χ2n) is 5.34. The topological polar surface area (TPSA) is 0 Å². The molecule has 0 N–H and O–H groups in total. The number of hydrogen-bond acceptors (Lipinski definition) is 0. The Bertz CT molecular complexity index is 378. The van der Waals surface area contributed by atoms with Crippen molar-refractivity contribution in [1.82, 2.24) is 0 Å². The van der Waals surface area contributed by atoms with Gasteiger partial charge in [-0.05, 0) is 61.1 Å². The van der Waals surface area contributed by atoms with Crippen LogP contribution in [0.25, 0.3) is 0 Å². The molecule has 0 heterocycles. The normalized spacial score (nSPS) is 33.5. The van der Waals surface area contributed by atoms with Gasteiger partial charge in [-0.15, -0.1) is 0 Å². The highest BCUT2D eigenvalue weighted by atomic mass is 79.9. The lowest BCUT2D eigenvalue weighted by atomic mass is 9.95. The monoisotopic (exact) mass is 342 g/mol. The Balaban J connectivity index is 1.61. The van der Waals surface area contributed by atoms with E-state index < -0.39 is 0 Å². The van der Waals surface area contributed by atoms with Crippen LogP contribution >= 0.6 is 31.9 Å². The summed E-state index contributed by atoms with van der Waals surface area (Å²) >= 11 is 7.44. The van der Waals surface area contributed by atoms with Gasteiger partial charge in [0.2, 0.25) is 0 Å². The van der Waals surface area contributed by atoms with Crippen molar-refractivity contribution in [3.05, 3.63) is 34.3 Å². The highest BCUT2D eigenvalue weighted by Gasteiger charge is 2.47. The molecule has 3 unspecified atom stereocenters. The van der Waals surface area contributed by atoms with Crippen LogP contribution in [0.15, 0.2) is 28.7 Å². The Morgan fingerprint density at radius 2 is 1.94 bits per heavy atom. The molecule has 0 amide bonds. The van der Waals surface area contributed by atoms with Crippen LogP contribution in [0, 0.1) is 17.8 Å². The van der Waals surface area contributed by atoms with Crippen LogP contribution in [-0.2, 0) is 6.42 Å². The maximum atomic E-state index is 3.90. The summed E-state index contributed by atoms with van der Waals surface area (Å²) in [6.45, 7) is 0. The van der Waals surface area contributed by atoms with Gasteiger partial charge in [-0.2, -0.15) is 0 Å². The van der Waals surface area contributed by atoms with Gasteiger partial charge in [0.15, 0.2) is 0 Å². The number of halogens is 2. The largest absolute Gasteiger partial charge is 0.0884 e. The van der Waals surface area contributed by atoms with Crippen molar-refractivity contribution < 1.29 is 0 Å². The van der Waals surface area contributed by atoms with Crippen molar-refractivity contribution >= 4 is 31.9 Å². The van der Waals surface area contributed by atoms with Gasteiger partial charge in [-0.3, -0.25) is 0 Å². The zero-order valence-electron chi connectivity index (χ0n) is 9.20. The van der Waals surface area contributed by atoms with Gasteiger partial charge in [-0.1, -0.05) is 44.0 Å². The molecule has 3 atom stereocenters. The second kappa shape index (κ2) is 4.45. The smallest absolute Gasteiger partial charge is 0.0214 e. The van der Waals surface area contributed by atoms with Crippen LogP contribution in [0.1, 0.15) is 24.8 Å². The van der Waals surface area contributed by atoms with E-state index in [1.165, 1.54) is 35.7 Å². The van der Waals surface area contributed by atoms with Crippen molar-refractivity contribution in [3.8, 4) is 0 Å². The standard InChI is InChI=1S/C14H16Br2/c15-13-3-1-2-9(4-13)5-14(16)12-7-10-6-11(10)8-12/h1-4,10-12,14H,5-8H2. The minimum absolute atomic E-state index is 0.676. The first kappa shape index (κ1) is 11.3. The lowest BCUT2D eigenvalue weighted by molar-refractivity contribution is 0.471. The molecule has 2 aliphatic rings. The number of alkyl halides is 1. The average Bonchev–Trinajstić information content (AvgIpc) is 2.86. The fraction of sp³-hybridized carbons (Fsp3) is 0.571. The first-order chi connectivity index (χ1) is 7.72. The predicted octanol–water partition coefficient (Wildman–Crippen LogP) is 4.80. The maximum Gasteiger partial charge on any atom is 0.0214 e. The molecular formula is C14H16Br2. The van der Waals surface area contributed by atoms with Crippen molar-refractivity contribution in [3.63, 3.8) is 0 Å². The molecule has 3 rings (SSSR count). The lowest BCUT2D eigenvalue weighted by Gasteiger charge is -2.19. The summed E-state index contributed by atoms with van der Waals surface area (Å²) in [7, 11) is 0. The summed E-state index contributed by atoms with van der Waals surface area (Å²) in [6, 6.07) is 8.70. The van der Waals surface area contributed by atoms with Gasteiger partial charge >= 0.3 is 0 Å². The van der Waals surface area contributed by atoms with Crippen LogP contribution in [0.2, 0.25) is 0 Å². The molecule has 2 saturated carbocycles. The fourth-order valence-electron chi connectivity index (χ4n) is 3.11. The zero-order valence-corrected chi connectivity index (χ0v) is 12.4. The highest BCUT2D eigenvalue weighted by molar-refractivity contribution is 9.10. The van der Waals surface area contributed by atoms with Crippen molar-refractivity contribution in [2.75, 3.05) is 0 Å². The van der Waals surface area contributed by atoms with Crippen LogP contribution < -0.4 is 0 Å². The Labute approximate surface area is 114 Å². The van der Waals surface area contributed by atoms with Gasteiger partial charge < -0.3 is 0 Å². The van der Waals surface area contributed by atoms with E-state index in [-0.39, 0.29) is 0 Å². The predicted molar refractivity (Wildman–Crippen MR) is 74.9 cm³/mol. The van der Waals surface area contributed by atoms with Crippen molar-refractivity contribution in [2.45, 2.75) is 30.5 Å². The van der Waals surface area contributed by atoms with E-state index in [0.29, 0.717) is 4.83 Å². The molecule has 2 fully saturated rings. The van der Waals surface area contributed by atoms with E-state index in [0.717, 1.165) is 17.8 Å². The van der Waals surface area contributed by atoms with Gasteiger partial charge in [0.1, 0.15) is 0 Å². The molecular weight excluding hydrogens is 328 g/mol. The van der Waals surface area contributed by atoms with E-state index in [2.05, 4.69) is 56.1 Å². The number of rotatable bonds is 3. The molecule has 86 valence electrons. The fourth-order valence-corrected chi connectivity index (χ4v) is 4.36. The number of benzene rings is 1. The van der Waals surface area contributed by atoms with Crippen LogP contribution in [-0.4, -0.2) is 4.83 Å². The highest BCUT2D eigenvalue weighted by Crippen LogP contribution is 2.56. The summed E-state index contributed by atoms with van der Waals surface area (Å²) in [5, 5.41) is 0. The minimum Gasteiger partial charge on any atom is -0.0884 e. The van der Waals surface area contributed by atoms with E-state index in [1.54, 1.807) is 0 Å². The molecule has 0 bridgehead atoms. The Morgan fingerprint density at radius 1 is 1.19 bits per heavy atom. The molecule has 0 spiro atoms. The zero-order chi connectivity index (χ0) is 11.1. The molecule has 2 aliphatic carbocycles. The van der Waals surface area contributed by atoms with Crippen molar-refractivity contribution in [1.29, 1.82) is 0 Å². The summed E-state index contributed by atoms with van der Waals surface area (Å²) in [6.07, 6.45) is 5.62. The third kappa shape index (κ3) is 2.38. The summed E-state index contributed by atoms with van der Waals surface area (Å²) in [5.41, 5.74) is 1.44. The van der Waals surface area contributed by atoms with E-state index >= 15 is 0 Å². The van der Waals surface area contributed by atoms with E-state index in [4.69, 9.17) is 0 Å². The third-order valence-corrected chi connectivity index (χ3v) is 5.68. The number of fused-ring (bicyclic) bond motifs is 1. The van der Waals surface area contributed by atoms with Gasteiger partial charge in [-0.25, -0.2) is 0 Å². The molecule has 0 aromatic heterocycles. The minimum atomic E-state index is 0.676. The molecule has 0 saturated heterocycles. The van der Waals surface area contributed by atoms with Crippen LogP contribution in [0.4, 0.5) is 0 Å². The maximum absolute atomic E-state index is 3.90. The summed E-state index contributed by atoms with van der Waals surface area (Å²) < 4.78 is 1.19. The molecule has 0 radical (unpaired) electrons. The quantitative estimate of drug-likeness (QED) is 0.691. The SMILES string of the molecule is Brc1cccc(CC(Br)C2CC3CC3C2)c1. The molecule has 0 nitrogen and oxygen atoms in total. The first-order valence-corrected chi connectivity index (χ1v) is 7.82. The average molecular weight is 344 g/mol. The van der Waals surface area contributed by atoms with Gasteiger partial charge in [0.25, 0.3) is 0 Å². The Morgan fingerprint density at radius 3 is 2.62 bits per heavy atom. The van der Waals surface area contributed by atoms with E-state index in [1.807, 2.05) is 0 Å². The third-order valence-electron chi connectivity index (χ3n) is 4.11. The molecule has 16 heavy (non-hydrogen) atoms. The van der Waals surface area contributed by atoms with Crippen molar-refractivity contribution in [2.24, 2.45) is 17.8 Å². The summed E-state index contributed by atoms with van der Waals surface area (Å²) in [4.78, 5) is 0.676. The Kier molecular flexibility index (Phi) is 3.14. The molecule has 1 aromatic rings. The van der Waals surface area contributed by atoms with Crippen LogP contribution in [0.5, 0.6) is 0 Å². The van der Waals surface area contributed by atoms with Crippen LogP contribution in [0.3, 0.4) is 0 Å². The van der Waals surface area contributed by atoms with Gasteiger partial charge in [0.05, 0.1) is 0 Å². The summed E-state index contributed by atoms with van der Waals surface area (Å²) in [5.74, 6) is 3.10. The molecule has 0 aliphatic heterocycles. The Hall–Kier alpha value is 0.180. The first-order valence-electron chi connectivity index (χ1n) is 6.11. The van der Waals surface area contributed by atoms with Gasteiger partial charge in [0, 0.05) is 9.30 Å². The lowest BCUT2D eigenvalue weighted by Crippen LogP contribution is -2.15. The molecule has 2 heteroatoms. The second-order valence-corrected chi connectivity index (χ2v) is 7.43. The number of hydrogen-bond donors (Lipinski definition) is 0. The molecule has 1 aromatic carbocycles.